The van der Waals surface area contributed by atoms with Gasteiger partial charge in [-0.25, -0.2) is 4.39 Å². The Morgan fingerprint density at radius 2 is 1.63 bits per heavy atom. The van der Waals surface area contributed by atoms with Crippen molar-refractivity contribution in [2.45, 2.75) is 25.9 Å². The van der Waals surface area contributed by atoms with E-state index in [1.807, 2.05) is 61.5 Å². The average Bonchev–Trinajstić information content (AvgIpc) is 3.38. The SMILES string of the molecule is Cc1ccc(CN(C(=O)Cc2ccccc2)C(C(=O)Nc2ccc3c(c2)OCO3)c2cccc(F)c2)cc1. The van der Waals surface area contributed by atoms with Crippen LogP contribution in [-0.4, -0.2) is 23.5 Å². The van der Waals surface area contributed by atoms with Gasteiger partial charge in [-0.2, -0.15) is 0 Å². The molecule has 1 unspecified atom stereocenters. The molecule has 0 saturated heterocycles. The quantitative estimate of drug-likeness (QED) is 0.325. The molecule has 1 aliphatic rings. The van der Waals surface area contributed by atoms with E-state index < -0.39 is 17.8 Å². The van der Waals surface area contributed by atoms with Gasteiger partial charge in [0.15, 0.2) is 11.5 Å². The van der Waals surface area contributed by atoms with Gasteiger partial charge in [0.2, 0.25) is 12.7 Å². The number of aryl methyl sites for hydroxylation is 1. The summed E-state index contributed by atoms with van der Waals surface area (Å²) < 4.78 is 25.2. The highest BCUT2D eigenvalue weighted by atomic mass is 19.1. The van der Waals surface area contributed by atoms with E-state index in [-0.39, 0.29) is 25.7 Å². The zero-order valence-electron chi connectivity index (χ0n) is 20.9. The summed E-state index contributed by atoms with van der Waals surface area (Å²) in [5.41, 5.74) is 3.61. The molecule has 4 aromatic carbocycles. The Labute approximate surface area is 220 Å². The minimum Gasteiger partial charge on any atom is -0.454 e. The van der Waals surface area contributed by atoms with Crippen LogP contribution in [-0.2, 0) is 22.6 Å². The molecule has 38 heavy (non-hydrogen) atoms. The fourth-order valence-corrected chi connectivity index (χ4v) is 4.42. The number of benzene rings is 4. The van der Waals surface area contributed by atoms with E-state index in [9.17, 15) is 14.0 Å². The number of ether oxygens (including phenoxy) is 2. The number of carbonyl (C=O) groups is 2. The summed E-state index contributed by atoms with van der Waals surface area (Å²) in [6.07, 6.45) is 0.0931. The Balaban J connectivity index is 1.52. The summed E-state index contributed by atoms with van der Waals surface area (Å²) in [6.45, 7) is 2.26. The number of hydrogen-bond acceptors (Lipinski definition) is 4. The van der Waals surface area contributed by atoms with E-state index in [0.717, 1.165) is 16.7 Å². The molecule has 1 N–H and O–H groups in total. The van der Waals surface area contributed by atoms with Crippen molar-refractivity contribution in [2.75, 3.05) is 12.1 Å². The average molecular weight is 511 g/mol. The van der Waals surface area contributed by atoms with Crippen LogP contribution in [0.3, 0.4) is 0 Å². The molecule has 0 spiro atoms. The number of nitrogens with zero attached hydrogens (tertiary/aromatic N) is 1. The first-order valence-electron chi connectivity index (χ1n) is 12.3. The van der Waals surface area contributed by atoms with E-state index in [1.165, 1.54) is 23.1 Å². The Kier molecular flexibility index (Phi) is 7.35. The maximum absolute atomic E-state index is 14.4. The van der Waals surface area contributed by atoms with Gasteiger partial charge in [-0.1, -0.05) is 72.3 Å². The highest BCUT2D eigenvalue weighted by Crippen LogP contribution is 2.35. The first-order chi connectivity index (χ1) is 18.5. The van der Waals surface area contributed by atoms with Crippen LogP contribution in [0.15, 0.2) is 97.1 Å². The summed E-state index contributed by atoms with van der Waals surface area (Å²) in [5.74, 6) is -0.116. The second-order valence-corrected chi connectivity index (χ2v) is 9.18. The summed E-state index contributed by atoms with van der Waals surface area (Å²) in [4.78, 5) is 29.2. The largest absolute Gasteiger partial charge is 0.454 e. The molecule has 6 nitrogen and oxygen atoms in total. The van der Waals surface area contributed by atoms with Gasteiger partial charge in [-0.3, -0.25) is 9.59 Å². The summed E-state index contributed by atoms with van der Waals surface area (Å²) >= 11 is 0. The zero-order valence-corrected chi connectivity index (χ0v) is 20.9. The predicted molar refractivity (Wildman–Crippen MR) is 142 cm³/mol. The molecule has 7 heteroatoms. The minimum atomic E-state index is -1.09. The fraction of sp³-hybridized carbons (Fsp3) is 0.161. The zero-order chi connectivity index (χ0) is 26.5. The highest BCUT2D eigenvalue weighted by molar-refractivity contribution is 5.98. The Morgan fingerprint density at radius 3 is 2.39 bits per heavy atom. The lowest BCUT2D eigenvalue weighted by molar-refractivity contribution is -0.139. The maximum Gasteiger partial charge on any atom is 0.251 e. The molecule has 0 fully saturated rings. The molecule has 5 rings (SSSR count). The molecule has 1 heterocycles. The van der Waals surface area contributed by atoms with Crippen LogP contribution in [0, 0.1) is 12.7 Å². The second-order valence-electron chi connectivity index (χ2n) is 9.18. The standard InChI is InChI=1S/C31H27FN2O4/c1-21-10-12-23(13-11-21)19-34(29(35)16-22-6-3-2-4-7-22)30(24-8-5-9-25(32)17-24)31(36)33-26-14-15-27-28(18-26)38-20-37-27/h2-15,17-18,30H,16,19-20H2,1H3,(H,33,36). The molecule has 0 aliphatic carbocycles. The van der Waals surface area contributed by atoms with Gasteiger partial charge < -0.3 is 19.7 Å². The molecule has 0 saturated carbocycles. The second kappa shape index (κ2) is 11.2. The minimum absolute atomic E-state index is 0.0931. The summed E-state index contributed by atoms with van der Waals surface area (Å²) in [7, 11) is 0. The molecule has 2 amide bonds. The van der Waals surface area contributed by atoms with Crippen LogP contribution in [0.25, 0.3) is 0 Å². The van der Waals surface area contributed by atoms with Gasteiger partial charge in [0.1, 0.15) is 11.9 Å². The van der Waals surface area contributed by atoms with E-state index in [4.69, 9.17) is 9.47 Å². The Bertz CT molecular complexity index is 1440. The molecule has 192 valence electrons. The van der Waals surface area contributed by atoms with E-state index in [2.05, 4.69) is 5.32 Å². The third-order valence-electron chi connectivity index (χ3n) is 6.36. The first-order valence-corrected chi connectivity index (χ1v) is 12.3. The third-order valence-corrected chi connectivity index (χ3v) is 6.36. The van der Waals surface area contributed by atoms with Crippen LogP contribution < -0.4 is 14.8 Å². The number of halogens is 1. The molecule has 0 radical (unpaired) electrons. The van der Waals surface area contributed by atoms with Crippen molar-refractivity contribution in [3.8, 4) is 11.5 Å². The highest BCUT2D eigenvalue weighted by Gasteiger charge is 2.32. The number of nitrogens with one attached hydrogen (secondary N) is 1. The van der Waals surface area contributed by atoms with Crippen molar-refractivity contribution in [3.63, 3.8) is 0 Å². The molecule has 1 atom stereocenters. The van der Waals surface area contributed by atoms with Crippen LogP contribution in [0.5, 0.6) is 11.5 Å². The molecule has 4 aromatic rings. The van der Waals surface area contributed by atoms with Gasteiger partial charge in [-0.05, 0) is 47.9 Å². The summed E-state index contributed by atoms with van der Waals surface area (Å²) in [6, 6.07) is 26.9. The molecule has 1 aliphatic heterocycles. The van der Waals surface area contributed by atoms with Crippen LogP contribution in [0.4, 0.5) is 10.1 Å². The van der Waals surface area contributed by atoms with Crippen molar-refractivity contribution in [2.24, 2.45) is 0 Å². The number of hydrogen-bond donors (Lipinski definition) is 1. The number of fused-ring (bicyclic) bond motifs is 1. The molecular weight excluding hydrogens is 483 g/mol. The Morgan fingerprint density at radius 1 is 0.868 bits per heavy atom. The normalized spacial score (nSPS) is 12.6. The summed E-state index contributed by atoms with van der Waals surface area (Å²) in [5, 5.41) is 2.89. The van der Waals surface area contributed by atoms with Gasteiger partial charge >= 0.3 is 0 Å². The van der Waals surface area contributed by atoms with Crippen molar-refractivity contribution in [1.82, 2.24) is 4.90 Å². The molecule has 0 bridgehead atoms. The van der Waals surface area contributed by atoms with Crippen molar-refractivity contribution in [3.05, 3.63) is 125 Å². The topological polar surface area (TPSA) is 67.9 Å². The lowest BCUT2D eigenvalue weighted by atomic mass is 10.0. The number of anilines is 1. The maximum atomic E-state index is 14.4. The van der Waals surface area contributed by atoms with Crippen molar-refractivity contribution in [1.29, 1.82) is 0 Å². The fourth-order valence-electron chi connectivity index (χ4n) is 4.42. The van der Waals surface area contributed by atoms with E-state index in [1.54, 1.807) is 24.3 Å². The lowest BCUT2D eigenvalue weighted by Gasteiger charge is -2.32. The Hall–Kier alpha value is -4.65. The van der Waals surface area contributed by atoms with Gasteiger partial charge in [0.05, 0.1) is 6.42 Å². The molecular formula is C31H27FN2O4. The van der Waals surface area contributed by atoms with E-state index in [0.29, 0.717) is 22.7 Å². The number of amides is 2. The van der Waals surface area contributed by atoms with Crippen molar-refractivity contribution >= 4 is 17.5 Å². The number of rotatable bonds is 8. The molecule has 0 aromatic heterocycles. The van der Waals surface area contributed by atoms with E-state index >= 15 is 0 Å². The smallest absolute Gasteiger partial charge is 0.251 e. The monoisotopic (exact) mass is 510 g/mol. The lowest BCUT2D eigenvalue weighted by Crippen LogP contribution is -2.41. The van der Waals surface area contributed by atoms with Gasteiger partial charge in [0, 0.05) is 18.3 Å². The van der Waals surface area contributed by atoms with Gasteiger partial charge in [-0.15, -0.1) is 0 Å². The van der Waals surface area contributed by atoms with Crippen molar-refractivity contribution < 1.29 is 23.5 Å². The number of carbonyl (C=O) groups excluding carboxylic acids is 2. The van der Waals surface area contributed by atoms with Crippen LogP contribution in [0.2, 0.25) is 0 Å². The van der Waals surface area contributed by atoms with Crippen LogP contribution in [0.1, 0.15) is 28.3 Å². The first kappa shape index (κ1) is 25.0. The van der Waals surface area contributed by atoms with Gasteiger partial charge in [0.25, 0.3) is 5.91 Å². The third kappa shape index (κ3) is 5.83. The van der Waals surface area contributed by atoms with Crippen LogP contribution >= 0.6 is 0 Å². The predicted octanol–water partition coefficient (Wildman–Crippen LogP) is 5.81.